The molecule has 3 aromatic heterocycles. The number of aromatic nitrogens is 5. The highest BCUT2D eigenvalue weighted by molar-refractivity contribution is 5.86. The largest absolute Gasteiger partial charge is 0.359 e. The Labute approximate surface area is 179 Å². The number of fused-ring (bicyclic) bond motifs is 2. The molecule has 1 fully saturated rings. The SMILES string of the molecule is C=[N+]1CCN(c2ccc3nc(-c4ccc5nc(-c6ccccn6)[nH]c5c4)[nH]c3c2)CC1. The second-order valence-electron chi connectivity index (χ2n) is 7.92. The molecule has 7 nitrogen and oxygen atoms in total. The van der Waals surface area contributed by atoms with Gasteiger partial charge in [-0.1, -0.05) is 6.07 Å². The first kappa shape index (κ1) is 17.8. The van der Waals surface area contributed by atoms with Crippen LogP contribution in [0.3, 0.4) is 0 Å². The second kappa shape index (κ2) is 7.05. The molecule has 5 aromatic rings. The molecule has 1 aliphatic rings. The van der Waals surface area contributed by atoms with Crippen molar-refractivity contribution in [2.75, 3.05) is 31.1 Å². The molecular weight excluding hydrogens is 386 g/mol. The fourth-order valence-electron chi connectivity index (χ4n) is 4.12. The van der Waals surface area contributed by atoms with E-state index in [1.807, 2.05) is 24.3 Å². The van der Waals surface area contributed by atoms with E-state index in [0.29, 0.717) is 0 Å². The van der Waals surface area contributed by atoms with Crippen LogP contribution in [-0.4, -0.2) is 62.4 Å². The minimum atomic E-state index is 0.768. The topological polar surface area (TPSA) is 76.5 Å². The molecule has 0 bridgehead atoms. The summed E-state index contributed by atoms with van der Waals surface area (Å²) in [4.78, 5) is 23.1. The molecular formula is C24H22N7+. The Bertz CT molecular complexity index is 1400. The first-order valence-electron chi connectivity index (χ1n) is 10.4. The molecule has 7 heteroatoms. The maximum Gasteiger partial charge on any atom is 0.159 e. The van der Waals surface area contributed by atoms with E-state index in [1.165, 1.54) is 5.69 Å². The Morgan fingerprint density at radius 1 is 0.839 bits per heavy atom. The van der Waals surface area contributed by atoms with Gasteiger partial charge in [0.1, 0.15) is 18.2 Å². The average Bonchev–Trinajstić information content (AvgIpc) is 3.43. The Morgan fingerprint density at radius 3 is 2.39 bits per heavy atom. The van der Waals surface area contributed by atoms with Crippen molar-refractivity contribution < 1.29 is 4.58 Å². The Morgan fingerprint density at radius 2 is 1.58 bits per heavy atom. The zero-order valence-electron chi connectivity index (χ0n) is 17.0. The van der Waals surface area contributed by atoms with Crippen LogP contribution in [0, 0.1) is 0 Å². The highest BCUT2D eigenvalue weighted by Gasteiger charge is 2.18. The highest BCUT2D eigenvalue weighted by Crippen LogP contribution is 2.27. The van der Waals surface area contributed by atoms with Crippen LogP contribution in [0.1, 0.15) is 0 Å². The first-order chi connectivity index (χ1) is 15.2. The Balaban J connectivity index is 1.34. The second-order valence-corrected chi connectivity index (χ2v) is 7.92. The minimum absolute atomic E-state index is 0.768. The first-order valence-corrected chi connectivity index (χ1v) is 10.4. The van der Waals surface area contributed by atoms with Gasteiger partial charge in [0, 0.05) is 17.4 Å². The van der Waals surface area contributed by atoms with Gasteiger partial charge >= 0.3 is 0 Å². The highest BCUT2D eigenvalue weighted by atomic mass is 15.2. The summed E-state index contributed by atoms with van der Waals surface area (Å²) in [7, 11) is 0. The van der Waals surface area contributed by atoms with Crippen LogP contribution in [0.2, 0.25) is 0 Å². The van der Waals surface area contributed by atoms with Crippen molar-refractivity contribution >= 4 is 34.5 Å². The van der Waals surface area contributed by atoms with Crippen LogP contribution < -0.4 is 4.90 Å². The van der Waals surface area contributed by atoms with Crippen molar-refractivity contribution in [3.8, 4) is 22.9 Å². The van der Waals surface area contributed by atoms with E-state index in [0.717, 1.165) is 71.2 Å². The number of pyridine rings is 1. The number of rotatable bonds is 3. The van der Waals surface area contributed by atoms with Crippen LogP contribution in [0.15, 0.2) is 60.8 Å². The zero-order valence-corrected chi connectivity index (χ0v) is 17.0. The molecule has 152 valence electrons. The normalized spacial score (nSPS) is 14.6. The number of imidazole rings is 2. The van der Waals surface area contributed by atoms with Gasteiger partial charge in [0.2, 0.25) is 0 Å². The van der Waals surface area contributed by atoms with Crippen LogP contribution in [0.5, 0.6) is 0 Å². The fraction of sp³-hybridized carbons (Fsp3) is 0.167. The van der Waals surface area contributed by atoms with Gasteiger partial charge in [0.25, 0.3) is 0 Å². The molecule has 0 spiro atoms. The van der Waals surface area contributed by atoms with E-state index in [2.05, 4.69) is 66.5 Å². The molecule has 0 radical (unpaired) electrons. The van der Waals surface area contributed by atoms with E-state index in [4.69, 9.17) is 4.98 Å². The number of hydrogen-bond donors (Lipinski definition) is 2. The van der Waals surface area contributed by atoms with E-state index >= 15 is 0 Å². The number of piperazine rings is 1. The molecule has 4 heterocycles. The van der Waals surface area contributed by atoms with E-state index in [-0.39, 0.29) is 0 Å². The predicted octanol–water partition coefficient (Wildman–Crippen LogP) is 3.70. The maximum atomic E-state index is 4.81. The monoisotopic (exact) mass is 408 g/mol. The molecule has 2 aromatic carbocycles. The van der Waals surface area contributed by atoms with Crippen molar-refractivity contribution in [3.63, 3.8) is 0 Å². The van der Waals surface area contributed by atoms with Crippen molar-refractivity contribution in [3.05, 3.63) is 60.8 Å². The molecule has 0 saturated carbocycles. The molecule has 0 amide bonds. The molecule has 6 rings (SSSR count). The summed E-state index contributed by atoms with van der Waals surface area (Å²) < 4.78 is 2.12. The molecule has 31 heavy (non-hydrogen) atoms. The smallest absolute Gasteiger partial charge is 0.159 e. The lowest BCUT2D eigenvalue weighted by molar-refractivity contribution is -0.521. The standard InChI is InChI=1S/C24H22N7/c1-30-10-12-31(13-11-30)17-6-8-19-22(15-17)28-23(26-19)16-5-7-18-21(14-16)29-24(27-18)20-4-2-3-9-25-20/h2-9,14-15H,1,10-13H2,(H,26,28)(H,27,29)/q+1. The number of nitrogens with zero attached hydrogens (tertiary/aromatic N) is 5. The third-order valence-corrected chi connectivity index (χ3v) is 5.87. The van der Waals surface area contributed by atoms with E-state index in [1.54, 1.807) is 6.20 Å². The van der Waals surface area contributed by atoms with Gasteiger partial charge in [0.05, 0.1) is 35.2 Å². The van der Waals surface area contributed by atoms with E-state index in [9.17, 15) is 0 Å². The average molecular weight is 408 g/mol. The summed E-state index contributed by atoms with van der Waals surface area (Å²) in [6.45, 7) is 7.98. The van der Waals surface area contributed by atoms with Gasteiger partial charge in [-0.3, -0.25) is 4.98 Å². The van der Waals surface area contributed by atoms with Crippen molar-refractivity contribution in [2.45, 2.75) is 0 Å². The summed E-state index contributed by atoms with van der Waals surface area (Å²) in [6.07, 6.45) is 1.77. The molecule has 0 aliphatic carbocycles. The fourth-order valence-corrected chi connectivity index (χ4v) is 4.12. The van der Waals surface area contributed by atoms with Crippen molar-refractivity contribution in [1.29, 1.82) is 0 Å². The third-order valence-electron chi connectivity index (χ3n) is 5.87. The van der Waals surface area contributed by atoms with Crippen LogP contribution >= 0.6 is 0 Å². The number of aromatic amines is 2. The van der Waals surface area contributed by atoms with Crippen LogP contribution in [-0.2, 0) is 0 Å². The van der Waals surface area contributed by atoms with Crippen molar-refractivity contribution in [2.24, 2.45) is 0 Å². The zero-order chi connectivity index (χ0) is 20.8. The van der Waals surface area contributed by atoms with Gasteiger partial charge in [-0.25, -0.2) is 14.5 Å². The van der Waals surface area contributed by atoms with Gasteiger partial charge in [-0.2, -0.15) is 0 Å². The quantitative estimate of drug-likeness (QED) is 0.446. The number of hydrogen-bond acceptors (Lipinski definition) is 4. The lowest BCUT2D eigenvalue weighted by Gasteiger charge is -2.26. The summed E-state index contributed by atoms with van der Waals surface area (Å²) in [6, 6.07) is 18.4. The molecule has 2 N–H and O–H groups in total. The molecule has 0 atom stereocenters. The number of benzene rings is 2. The minimum Gasteiger partial charge on any atom is -0.359 e. The van der Waals surface area contributed by atoms with Gasteiger partial charge in [0.15, 0.2) is 18.9 Å². The predicted molar refractivity (Wildman–Crippen MR) is 124 cm³/mol. The number of nitrogens with one attached hydrogen (secondary N) is 2. The molecule has 0 unspecified atom stereocenters. The Hall–Kier alpha value is -4.00. The van der Waals surface area contributed by atoms with Crippen LogP contribution in [0.25, 0.3) is 45.0 Å². The van der Waals surface area contributed by atoms with Crippen molar-refractivity contribution in [1.82, 2.24) is 24.9 Å². The molecule has 1 aliphatic heterocycles. The van der Waals surface area contributed by atoms with Gasteiger partial charge < -0.3 is 14.9 Å². The summed E-state index contributed by atoms with van der Waals surface area (Å²) >= 11 is 0. The van der Waals surface area contributed by atoms with E-state index < -0.39 is 0 Å². The van der Waals surface area contributed by atoms with Gasteiger partial charge in [-0.05, 0) is 48.5 Å². The lowest BCUT2D eigenvalue weighted by Crippen LogP contribution is -2.41. The molecule has 1 saturated heterocycles. The van der Waals surface area contributed by atoms with Crippen LogP contribution in [0.4, 0.5) is 5.69 Å². The maximum absolute atomic E-state index is 4.81. The summed E-state index contributed by atoms with van der Waals surface area (Å²) in [5.41, 5.74) is 6.96. The lowest BCUT2D eigenvalue weighted by atomic mass is 10.2. The summed E-state index contributed by atoms with van der Waals surface area (Å²) in [5.74, 6) is 1.62. The number of anilines is 1. The number of H-pyrrole nitrogens is 2. The van der Waals surface area contributed by atoms with Gasteiger partial charge in [-0.15, -0.1) is 0 Å². The summed E-state index contributed by atoms with van der Waals surface area (Å²) in [5, 5.41) is 0. The third kappa shape index (κ3) is 3.24. The Kier molecular flexibility index (Phi) is 4.06.